The van der Waals surface area contributed by atoms with Crippen LogP contribution < -0.4 is 9.47 Å². The van der Waals surface area contributed by atoms with Crippen LogP contribution in [0.5, 0.6) is 11.5 Å². The van der Waals surface area contributed by atoms with Gasteiger partial charge >= 0.3 is 6.18 Å². The fraction of sp³-hybridized carbons (Fsp3) is 0.538. The van der Waals surface area contributed by atoms with Crippen molar-refractivity contribution < 1.29 is 31.8 Å². The van der Waals surface area contributed by atoms with Gasteiger partial charge < -0.3 is 14.2 Å². The monoisotopic (exact) mass is 468 g/mol. The molecule has 2 aromatic carbocycles. The number of ether oxygens (including phenoxy) is 3. The Morgan fingerprint density at radius 3 is 2.36 bits per heavy atom. The van der Waals surface area contributed by atoms with Gasteiger partial charge in [0, 0.05) is 5.56 Å². The van der Waals surface area contributed by atoms with E-state index in [1.54, 1.807) is 6.92 Å². The first-order valence-electron chi connectivity index (χ1n) is 11.7. The zero-order chi connectivity index (χ0) is 23.8. The molecule has 3 nitrogen and oxygen atoms in total. The molecule has 2 unspecified atom stereocenters. The molecule has 0 bridgehead atoms. The van der Waals surface area contributed by atoms with Gasteiger partial charge in [0.15, 0.2) is 0 Å². The second kappa shape index (κ2) is 11.7. The summed E-state index contributed by atoms with van der Waals surface area (Å²) in [6.45, 7) is 4.83. The highest BCUT2D eigenvalue weighted by molar-refractivity contribution is 5.42. The van der Waals surface area contributed by atoms with Crippen LogP contribution >= 0.6 is 0 Å². The fourth-order valence-corrected chi connectivity index (χ4v) is 4.10. The van der Waals surface area contributed by atoms with Crippen LogP contribution in [0.4, 0.5) is 17.6 Å². The average molecular weight is 469 g/mol. The van der Waals surface area contributed by atoms with E-state index in [2.05, 4.69) is 19.1 Å². The number of rotatable bonds is 10. The smallest absolute Gasteiger partial charge is 0.422 e. The van der Waals surface area contributed by atoms with E-state index < -0.39 is 29.4 Å². The number of hydrogen-bond donors (Lipinski definition) is 0. The molecule has 1 aliphatic rings. The van der Waals surface area contributed by atoms with Crippen molar-refractivity contribution in [1.29, 1.82) is 0 Å². The molecule has 0 aromatic heterocycles. The molecule has 1 heterocycles. The van der Waals surface area contributed by atoms with E-state index in [1.165, 1.54) is 17.7 Å². The molecule has 7 heteroatoms. The van der Waals surface area contributed by atoms with Crippen molar-refractivity contribution in [1.82, 2.24) is 0 Å². The highest BCUT2D eigenvalue weighted by Crippen LogP contribution is 2.42. The zero-order valence-electron chi connectivity index (χ0n) is 19.2. The summed E-state index contributed by atoms with van der Waals surface area (Å²) in [5.74, 6) is -0.624. The molecule has 33 heavy (non-hydrogen) atoms. The zero-order valence-corrected chi connectivity index (χ0v) is 19.2. The van der Waals surface area contributed by atoms with Crippen molar-refractivity contribution in [2.45, 2.75) is 64.7 Å². The maximum absolute atomic E-state index is 14.8. The lowest BCUT2D eigenvalue weighted by Crippen LogP contribution is -2.23. The van der Waals surface area contributed by atoms with Crippen LogP contribution in [-0.2, 0) is 17.3 Å². The highest BCUT2D eigenvalue weighted by atomic mass is 19.4. The lowest BCUT2D eigenvalue weighted by molar-refractivity contribution is -0.141. The Hall–Kier alpha value is -2.28. The predicted molar refractivity (Wildman–Crippen MR) is 119 cm³/mol. The van der Waals surface area contributed by atoms with Crippen LogP contribution in [0.1, 0.15) is 68.7 Å². The minimum Gasteiger partial charge on any atom is -0.494 e. The van der Waals surface area contributed by atoms with Crippen LogP contribution in [0.25, 0.3) is 0 Å². The van der Waals surface area contributed by atoms with Gasteiger partial charge in [-0.15, -0.1) is 0 Å². The van der Waals surface area contributed by atoms with E-state index in [-0.39, 0.29) is 18.1 Å². The van der Waals surface area contributed by atoms with Gasteiger partial charge in [-0.2, -0.15) is 13.2 Å². The number of alkyl halides is 3. The lowest BCUT2D eigenvalue weighted by atomic mass is 9.89. The standard InChI is InChI=1S/C26H32F4O3/c1-3-5-16-32-20-11-8-18(9-12-20)6-7-19-10-14-22(33-17-19)21-13-15-23(31-4-2)24(25(21)27)26(28,29)30/h8-9,11-13,15,19,22H,3-7,10,14,16-17H2,1-2H3. The molecule has 182 valence electrons. The molecule has 3 rings (SSSR count). The Balaban J connectivity index is 1.55. The van der Waals surface area contributed by atoms with Gasteiger partial charge in [0.25, 0.3) is 0 Å². The first-order valence-corrected chi connectivity index (χ1v) is 11.7. The van der Waals surface area contributed by atoms with Crippen LogP contribution in [0.15, 0.2) is 36.4 Å². The summed E-state index contributed by atoms with van der Waals surface area (Å²) in [5.41, 5.74) is -0.204. The quantitative estimate of drug-likeness (QED) is 0.267. The Morgan fingerprint density at radius 2 is 1.76 bits per heavy atom. The SMILES string of the molecule is CCCCOc1ccc(CCC2CCC(c3ccc(OCC)c(C(F)(F)F)c3F)OC2)cc1. The summed E-state index contributed by atoms with van der Waals surface area (Å²) in [6, 6.07) is 10.6. The van der Waals surface area contributed by atoms with Crippen molar-refractivity contribution in [3.63, 3.8) is 0 Å². The summed E-state index contributed by atoms with van der Waals surface area (Å²) >= 11 is 0. The molecule has 1 fully saturated rings. The molecule has 0 aliphatic carbocycles. The van der Waals surface area contributed by atoms with Gasteiger partial charge in [-0.05, 0) is 74.8 Å². The lowest BCUT2D eigenvalue weighted by Gasteiger charge is -2.30. The molecule has 2 aromatic rings. The van der Waals surface area contributed by atoms with Crippen molar-refractivity contribution in [2.75, 3.05) is 19.8 Å². The largest absolute Gasteiger partial charge is 0.494 e. The molecule has 1 aliphatic heterocycles. The summed E-state index contributed by atoms with van der Waals surface area (Å²) in [4.78, 5) is 0. The number of benzene rings is 2. The molecule has 1 saturated heterocycles. The van der Waals surface area contributed by atoms with Gasteiger partial charge in [0.2, 0.25) is 0 Å². The van der Waals surface area contributed by atoms with E-state index in [9.17, 15) is 17.6 Å². The molecule has 0 radical (unpaired) electrons. The Labute approximate surface area is 193 Å². The number of aryl methyl sites for hydroxylation is 1. The molecule has 2 atom stereocenters. The Bertz CT molecular complexity index is 872. The van der Waals surface area contributed by atoms with Crippen molar-refractivity contribution in [3.05, 3.63) is 58.9 Å². The Morgan fingerprint density at radius 1 is 1.00 bits per heavy atom. The van der Waals surface area contributed by atoms with Gasteiger partial charge in [0.05, 0.1) is 25.9 Å². The van der Waals surface area contributed by atoms with Crippen molar-refractivity contribution in [3.8, 4) is 11.5 Å². The normalized spacial score (nSPS) is 18.8. The second-order valence-electron chi connectivity index (χ2n) is 8.42. The third-order valence-corrected chi connectivity index (χ3v) is 5.97. The second-order valence-corrected chi connectivity index (χ2v) is 8.42. The molecular formula is C26H32F4O3. The van der Waals surface area contributed by atoms with Crippen molar-refractivity contribution >= 4 is 0 Å². The first-order chi connectivity index (χ1) is 15.8. The van der Waals surface area contributed by atoms with E-state index >= 15 is 0 Å². The topological polar surface area (TPSA) is 27.7 Å². The first kappa shape index (κ1) is 25.3. The minimum atomic E-state index is -4.83. The highest BCUT2D eigenvalue weighted by Gasteiger charge is 2.40. The van der Waals surface area contributed by atoms with Crippen LogP contribution in [-0.4, -0.2) is 19.8 Å². The van der Waals surface area contributed by atoms with Gasteiger partial charge in [-0.25, -0.2) is 4.39 Å². The van der Waals surface area contributed by atoms with Gasteiger partial charge in [-0.3, -0.25) is 0 Å². The fourth-order valence-electron chi connectivity index (χ4n) is 4.10. The third-order valence-electron chi connectivity index (χ3n) is 5.97. The van der Waals surface area contributed by atoms with E-state index in [4.69, 9.17) is 14.2 Å². The number of hydrogen-bond acceptors (Lipinski definition) is 3. The molecule has 0 spiro atoms. The van der Waals surface area contributed by atoms with E-state index in [1.807, 2.05) is 12.1 Å². The average Bonchev–Trinajstić information content (AvgIpc) is 2.79. The van der Waals surface area contributed by atoms with Crippen LogP contribution in [0, 0.1) is 11.7 Å². The third kappa shape index (κ3) is 6.85. The number of halogens is 4. The van der Waals surface area contributed by atoms with Crippen LogP contribution in [0.3, 0.4) is 0 Å². The summed E-state index contributed by atoms with van der Waals surface area (Å²) in [5, 5.41) is 0. The van der Waals surface area contributed by atoms with Gasteiger partial charge in [-0.1, -0.05) is 25.5 Å². The van der Waals surface area contributed by atoms with Gasteiger partial charge in [0.1, 0.15) is 22.9 Å². The summed E-state index contributed by atoms with van der Waals surface area (Å²) < 4.78 is 71.7. The summed E-state index contributed by atoms with van der Waals surface area (Å²) in [6.07, 6.45) is -0.352. The maximum Gasteiger partial charge on any atom is 0.422 e. The van der Waals surface area contributed by atoms with Crippen molar-refractivity contribution in [2.24, 2.45) is 5.92 Å². The molecule has 0 saturated carbocycles. The minimum absolute atomic E-state index is 0.0259. The van der Waals surface area contributed by atoms with Crippen LogP contribution in [0.2, 0.25) is 0 Å². The van der Waals surface area contributed by atoms with E-state index in [0.29, 0.717) is 13.0 Å². The number of unbranched alkanes of at least 4 members (excludes halogenated alkanes) is 1. The molecule has 0 amide bonds. The predicted octanol–water partition coefficient (Wildman–Crippen LogP) is 7.52. The maximum atomic E-state index is 14.8. The Kier molecular flexibility index (Phi) is 9.01. The molecular weight excluding hydrogens is 436 g/mol. The van der Waals surface area contributed by atoms with E-state index in [0.717, 1.165) is 44.5 Å². The summed E-state index contributed by atoms with van der Waals surface area (Å²) in [7, 11) is 0. The molecule has 0 N–H and O–H groups in total.